The molecule has 3 aromatic rings. The van der Waals surface area contributed by atoms with Gasteiger partial charge in [-0.05, 0) is 54.7 Å². The molecule has 0 amide bonds. The number of nitrogens with zero attached hydrogens (tertiary/aromatic N) is 2. The van der Waals surface area contributed by atoms with E-state index in [1.54, 1.807) is 6.92 Å². The molecule has 3 rings (SSSR count). The van der Waals surface area contributed by atoms with E-state index in [0.29, 0.717) is 11.5 Å². The normalized spacial score (nSPS) is 11.5. The summed E-state index contributed by atoms with van der Waals surface area (Å²) < 4.78 is 15.7. The molecule has 0 saturated heterocycles. The van der Waals surface area contributed by atoms with Crippen LogP contribution in [0.25, 0.3) is 22.2 Å². The van der Waals surface area contributed by atoms with Crippen LogP contribution in [0.5, 0.6) is 0 Å². The summed E-state index contributed by atoms with van der Waals surface area (Å²) in [5.74, 6) is 0.506. The topological polar surface area (TPSA) is 17.8 Å². The molecule has 2 aromatic heterocycles. The zero-order valence-corrected chi connectivity index (χ0v) is 13.3. The predicted molar refractivity (Wildman–Crippen MR) is 89.3 cm³/mol. The van der Waals surface area contributed by atoms with Gasteiger partial charge in [0.05, 0.1) is 11.0 Å². The van der Waals surface area contributed by atoms with Gasteiger partial charge in [0.2, 0.25) is 0 Å². The Hall–Kier alpha value is -2.16. The minimum Gasteiger partial charge on any atom is -0.346 e. The van der Waals surface area contributed by atoms with Crippen LogP contribution in [0.4, 0.5) is 4.39 Å². The molecule has 0 N–H and O–H groups in total. The molecular formula is C19H21FN2. The lowest BCUT2D eigenvalue weighted by molar-refractivity contribution is 0.524. The lowest BCUT2D eigenvalue weighted by Crippen LogP contribution is -2.00. The highest BCUT2D eigenvalue weighted by Crippen LogP contribution is 2.25. The van der Waals surface area contributed by atoms with Crippen LogP contribution < -0.4 is 0 Å². The van der Waals surface area contributed by atoms with Crippen molar-refractivity contribution in [3.8, 4) is 11.1 Å². The van der Waals surface area contributed by atoms with E-state index in [2.05, 4.69) is 41.7 Å². The van der Waals surface area contributed by atoms with E-state index in [-0.39, 0.29) is 5.82 Å². The fourth-order valence-corrected chi connectivity index (χ4v) is 2.64. The summed E-state index contributed by atoms with van der Waals surface area (Å²) in [6.07, 6.45) is 5.10. The van der Waals surface area contributed by atoms with Gasteiger partial charge < -0.3 is 4.57 Å². The van der Waals surface area contributed by atoms with Crippen LogP contribution in [0, 0.1) is 18.7 Å². The lowest BCUT2D eigenvalue weighted by Gasteiger charge is -2.09. The highest BCUT2D eigenvalue weighted by atomic mass is 19.1. The standard InChI is InChI=1S/C19H21FN2/c1-13(2)6-8-22-9-7-18-19(22)11-16(12-21-18)15-4-5-17(20)14(3)10-15/h4-5,7,9-13H,6,8H2,1-3H3. The van der Waals surface area contributed by atoms with Crippen molar-refractivity contribution in [3.63, 3.8) is 0 Å². The van der Waals surface area contributed by atoms with Crippen molar-refractivity contribution >= 4 is 11.0 Å². The highest BCUT2D eigenvalue weighted by Gasteiger charge is 2.07. The van der Waals surface area contributed by atoms with Gasteiger partial charge in [-0.25, -0.2) is 4.39 Å². The van der Waals surface area contributed by atoms with Gasteiger partial charge in [0.1, 0.15) is 5.82 Å². The van der Waals surface area contributed by atoms with Crippen LogP contribution >= 0.6 is 0 Å². The summed E-state index contributed by atoms with van der Waals surface area (Å²) in [4.78, 5) is 4.54. The number of pyridine rings is 1. The maximum absolute atomic E-state index is 13.4. The SMILES string of the molecule is Cc1cc(-c2cnc3ccn(CCC(C)C)c3c2)ccc1F. The van der Waals surface area contributed by atoms with E-state index in [4.69, 9.17) is 0 Å². The fourth-order valence-electron chi connectivity index (χ4n) is 2.64. The quantitative estimate of drug-likeness (QED) is 0.647. The van der Waals surface area contributed by atoms with E-state index < -0.39 is 0 Å². The first-order chi connectivity index (χ1) is 10.5. The van der Waals surface area contributed by atoms with Crippen LogP contribution in [0.3, 0.4) is 0 Å². The fraction of sp³-hybridized carbons (Fsp3) is 0.316. The minimum absolute atomic E-state index is 0.168. The molecule has 0 bridgehead atoms. The van der Waals surface area contributed by atoms with Crippen LogP contribution in [-0.2, 0) is 6.54 Å². The van der Waals surface area contributed by atoms with Crippen molar-refractivity contribution in [1.29, 1.82) is 0 Å². The Morgan fingerprint density at radius 2 is 1.95 bits per heavy atom. The van der Waals surface area contributed by atoms with Crippen LogP contribution in [0.15, 0.2) is 42.7 Å². The average Bonchev–Trinajstić information content (AvgIpc) is 2.90. The maximum Gasteiger partial charge on any atom is 0.126 e. The van der Waals surface area contributed by atoms with Crippen LogP contribution in [0.2, 0.25) is 0 Å². The van der Waals surface area contributed by atoms with E-state index >= 15 is 0 Å². The number of hydrogen-bond acceptors (Lipinski definition) is 1. The van der Waals surface area contributed by atoms with Gasteiger partial charge in [0.15, 0.2) is 0 Å². The number of hydrogen-bond donors (Lipinski definition) is 0. The second kappa shape index (κ2) is 5.91. The Balaban J connectivity index is 2.00. The number of rotatable bonds is 4. The number of benzene rings is 1. The Bertz CT molecular complexity index is 802. The van der Waals surface area contributed by atoms with E-state index in [9.17, 15) is 4.39 Å². The molecule has 2 nitrogen and oxygen atoms in total. The van der Waals surface area contributed by atoms with Crippen LogP contribution in [-0.4, -0.2) is 9.55 Å². The van der Waals surface area contributed by atoms with Crippen LogP contribution in [0.1, 0.15) is 25.8 Å². The molecule has 0 aliphatic carbocycles. The van der Waals surface area contributed by atoms with Crippen molar-refractivity contribution in [2.45, 2.75) is 33.7 Å². The second-order valence-corrected chi connectivity index (χ2v) is 6.28. The van der Waals surface area contributed by atoms with E-state index in [1.165, 1.54) is 6.07 Å². The Morgan fingerprint density at radius 1 is 1.14 bits per heavy atom. The molecule has 1 aromatic carbocycles. The lowest BCUT2D eigenvalue weighted by atomic mass is 10.0. The highest BCUT2D eigenvalue weighted by molar-refractivity contribution is 5.81. The molecule has 0 aliphatic rings. The number of fused-ring (bicyclic) bond motifs is 1. The zero-order chi connectivity index (χ0) is 15.7. The third-order valence-electron chi connectivity index (χ3n) is 4.06. The number of halogens is 1. The summed E-state index contributed by atoms with van der Waals surface area (Å²) in [6, 6.07) is 9.41. The van der Waals surface area contributed by atoms with Crippen molar-refractivity contribution in [1.82, 2.24) is 9.55 Å². The molecule has 0 fully saturated rings. The Morgan fingerprint density at radius 3 is 2.68 bits per heavy atom. The smallest absolute Gasteiger partial charge is 0.126 e. The van der Waals surface area contributed by atoms with E-state index in [1.807, 2.05) is 18.3 Å². The number of aromatic nitrogens is 2. The van der Waals surface area contributed by atoms with Gasteiger partial charge in [-0.15, -0.1) is 0 Å². The van der Waals surface area contributed by atoms with Gasteiger partial charge in [-0.3, -0.25) is 4.98 Å². The molecule has 0 atom stereocenters. The van der Waals surface area contributed by atoms with Crippen molar-refractivity contribution in [2.24, 2.45) is 5.92 Å². The third-order valence-corrected chi connectivity index (χ3v) is 4.06. The van der Waals surface area contributed by atoms with Gasteiger partial charge in [0, 0.05) is 24.5 Å². The molecule has 0 saturated carbocycles. The molecule has 0 radical (unpaired) electrons. The molecule has 0 aliphatic heterocycles. The molecular weight excluding hydrogens is 275 g/mol. The number of aryl methyl sites for hydroxylation is 2. The summed E-state index contributed by atoms with van der Waals surface area (Å²) in [6.45, 7) is 7.25. The molecule has 3 heteroatoms. The monoisotopic (exact) mass is 296 g/mol. The third kappa shape index (κ3) is 2.89. The van der Waals surface area contributed by atoms with Crippen molar-refractivity contribution < 1.29 is 4.39 Å². The molecule has 114 valence electrons. The first kappa shape index (κ1) is 14.8. The van der Waals surface area contributed by atoms with Gasteiger partial charge >= 0.3 is 0 Å². The molecule has 0 unspecified atom stereocenters. The summed E-state index contributed by atoms with van der Waals surface area (Å²) in [7, 11) is 0. The van der Waals surface area contributed by atoms with E-state index in [0.717, 1.165) is 35.1 Å². The van der Waals surface area contributed by atoms with Crippen molar-refractivity contribution in [2.75, 3.05) is 0 Å². The predicted octanol–water partition coefficient (Wildman–Crippen LogP) is 5.20. The largest absolute Gasteiger partial charge is 0.346 e. The summed E-state index contributed by atoms with van der Waals surface area (Å²) >= 11 is 0. The van der Waals surface area contributed by atoms with Gasteiger partial charge in [-0.2, -0.15) is 0 Å². The average molecular weight is 296 g/mol. The minimum atomic E-state index is -0.168. The van der Waals surface area contributed by atoms with Gasteiger partial charge in [-0.1, -0.05) is 19.9 Å². The second-order valence-electron chi connectivity index (χ2n) is 6.28. The zero-order valence-electron chi connectivity index (χ0n) is 13.3. The first-order valence-electron chi connectivity index (χ1n) is 7.76. The molecule has 22 heavy (non-hydrogen) atoms. The Kier molecular flexibility index (Phi) is 3.97. The maximum atomic E-state index is 13.4. The van der Waals surface area contributed by atoms with Crippen molar-refractivity contribution in [3.05, 3.63) is 54.1 Å². The molecule has 2 heterocycles. The summed E-state index contributed by atoms with van der Waals surface area (Å²) in [5.41, 5.74) is 4.84. The summed E-state index contributed by atoms with van der Waals surface area (Å²) in [5, 5.41) is 0. The molecule has 0 spiro atoms. The van der Waals surface area contributed by atoms with Gasteiger partial charge in [0.25, 0.3) is 0 Å². The first-order valence-corrected chi connectivity index (χ1v) is 7.76. The Labute approximate surface area is 130 Å².